The second-order valence-corrected chi connectivity index (χ2v) is 6.29. The lowest BCUT2D eigenvalue weighted by molar-refractivity contribution is -0.125. The molecule has 3 N–H and O–H groups in total. The summed E-state index contributed by atoms with van der Waals surface area (Å²) in [6.45, 7) is 6.49. The largest absolute Gasteiger partial charge is 0.374 e. The molecule has 3 atom stereocenters. The number of nitrogens with one attached hydrogen (secondary N) is 1. The molecule has 0 bridgehead atoms. The van der Waals surface area contributed by atoms with Gasteiger partial charge in [0.05, 0.1) is 25.3 Å². The van der Waals surface area contributed by atoms with Crippen molar-refractivity contribution in [3.63, 3.8) is 0 Å². The van der Waals surface area contributed by atoms with E-state index in [0.29, 0.717) is 13.2 Å². The van der Waals surface area contributed by atoms with Gasteiger partial charge in [-0.05, 0) is 25.3 Å². The number of hydrogen-bond acceptors (Lipinski definition) is 5. The second kappa shape index (κ2) is 7.17. The molecule has 0 spiro atoms. The van der Waals surface area contributed by atoms with Crippen LogP contribution >= 0.6 is 11.3 Å². The SMILES string of the molecule is CC(NC(=O)CN1CCOC(C(C)N)C1)c1cccs1. The van der Waals surface area contributed by atoms with Gasteiger partial charge < -0.3 is 15.8 Å². The van der Waals surface area contributed by atoms with Gasteiger partial charge in [0.2, 0.25) is 5.91 Å². The van der Waals surface area contributed by atoms with Crippen LogP contribution in [0.1, 0.15) is 24.8 Å². The van der Waals surface area contributed by atoms with E-state index in [9.17, 15) is 4.79 Å². The Morgan fingerprint density at radius 2 is 2.45 bits per heavy atom. The van der Waals surface area contributed by atoms with Crippen LogP contribution in [-0.2, 0) is 9.53 Å². The maximum Gasteiger partial charge on any atom is 0.234 e. The molecule has 1 aromatic rings. The number of hydrogen-bond donors (Lipinski definition) is 2. The molecule has 1 fully saturated rings. The van der Waals surface area contributed by atoms with E-state index in [0.717, 1.165) is 13.1 Å². The fourth-order valence-electron chi connectivity index (χ4n) is 2.29. The minimum absolute atomic E-state index is 0.00842. The quantitative estimate of drug-likeness (QED) is 0.850. The molecule has 5 nitrogen and oxygen atoms in total. The van der Waals surface area contributed by atoms with Crippen molar-refractivity contribution in [2.24, 2.45) is 5.73 Å². The highest BCUT2D eigenvalue weighted by Gasteiger charge is 2.25. The minimum Gasteiger partial charge on any atom is -0.374 e. The van der Waals surface area contributed by atoms with Crippen LogP contribution in [0.25, 0.3) is 0 Å². The van der Waals surface area contributed by atoms with E-state index >= 15 is 0 Å². The van der Waals surface area contributed by atoms with Crippen molar-refractivity contribution in [2.45, 2.75) is 32.0 Å². The maximum atomic E-state index is 12.1. The van der Waals surface area contributed by atoms with Crippen LogP contribution in [0.2, 0.25) is 0 Å². The monoisotopic (exact) mass is 297 g/mol. The summed E-state index contributed by atoms with van der Waals surface area (Å²) < 4.78 is 5.59. The smallest absolute Gasteiger partial charge is 0.234 e. The minimum atomic E-state index is -0.00842. The molecule has 6 heteroatoms. The van der Waals surface area contributed by atoms with E-state index in [1.165, 1.54) is 4.88 Å². The van der Waals surface area contributed by atoms with Crippen molar-refractivity contribution in [1.29, 1.82) is 0 Å². The predicted molar refractivity (Wildman–Crippen MR) is 80.7 cm³/mol. The zero-order valence-corrected chi connectivity index (χ0v) is 12.9. The summed E-state index contributed by atoms with van der Waals surface area (Å²) in [5.41, 5.74) is 5.85. The molecular formula is C14H23N3O2S. The third-order valence-corrected chi connectivity index (χ3v) is 4.53. The number of carbonyl (C=O) groups is 1. The third kappa shape index (κ3) is 4.28. The number of nitrogens with two attached hydrogens (primary N) is 1. The lowest BCUT2D eigenvalue weighted by atomic mass is 10.1. The first kappa shape index (κ1) is 15.4. The molecule has 1 aliphatic heterocycles. The number of carbonyl (C=O) groups excluding carboxylic acids is 1. The first-order chi connectivity index (χ1) is 9.56. The van der Waals surface area contributed by atoms with E-state index in [1.807, 2.05) is 31.4 Å². The number of ether oxygens (including phenoxy) is 1. The Bertz CT molecular complexity index is 422. The third-order valence-electron chi connectivity index (χ3n) is 3.48. The first-order valence-electron chi connectivity index (χ1n) is 6.98. The highest BCUT2D eigenvalue weighted by atomic mass is 32.1. The summed E-state index contributed by atoms with van der Waals surface area (Å²) in [7, 11) is 0. The molecule has 1 aromatic heterocycles. The molecule has 112 valence electrons. The van der Waals surface area contributed by atoms with Gasteiger partial charge in [-0.25, -0.2) is 0 Å². The highest BCUT2D eigenvalue weighted by molar-refractivity contribution is 7.10. The molecule has 20 heavy (non-hydrogen) atoms. The lowest BCUT2D eigenvalue weighted by Gasteiger charge is -2.34. The average molecular weight is 297 g/mol. The summed E-state index contributed by atoms with van der Waals surface area (Å²) in [5, 5.41) is 5.05. The van der Waals surface area contributed by atoms with Gasteiger partial charge in [-0.1, -0.05) is 6.07 Å². The van der Waals surface area contributed by atoms with E-state index in [2.05, 4.69) is 10.2 Å². The summed E-state index contributed by atoms with van der Waals surface area (Å²) in [4.78, 5) is 15.4. The summed E-state index contributed by atoms with van der Waals surface area (Å²) in [6, 6.07) is 4.09. The average Bonchev–Trinajstić information content (AvgIpc) is 2.92. The maximum absolute atomic E-state index is 12.1. The zero-order valence-electron chi connectivity index (χ0n) is 12.0. The van der Waals surface area contributed by atoms with E-state index in [-0.39, 0.29) is 24.1 Å². The number of rotatable bonds is 5. The van der Waals surface area contributed by atoms with Gasteiger partial charge in [0, 0.05) is 24.0 Å². The van der Waals surface area contributed by atoms with Gasteiger partial charge >= 0.3 is 0 Å². The van der Waals surface area contributed by atoms with E-state index in [4.69, 9.17) is 10.5 Å². The molecule has 1 amide bonds. The molecule has 3 unspecified atom stereocenters. The van der Waals surface area contributed by atoms with Crippen molar-refractivity contribution in [3.05, 3.63) is 22.4 Å². The molecule has 2 heterocycles. The number of amides is 1. The highest BCUT2D eigenvalue weighted by Crippen LogP contribution is 2.18. The van der Waals surface area contributed by atoms with Crippen LogP contribution in [0.15, 0.2) is 17.5 Å². The number of thiophene rings is 1. The van der Waals surface area contributed by atoms with Crippen molar-refractivity contribution in [3.8, 4) is 0 Å². The van der Waals surface area contributed by atoms with Gasteiger partial charge in [0.25, 0.3) is 0 Å². The van der Waals surface area contributed by atoms with Crippen molar-refractivity contribution in [2.75, 3.05) is 26.2 Å². The predicted octanol–water partition coefficient (Wildman–Crippen LogP) is 0.973. The van der Waals surface area contributed by atoms with Crippen molar-refractivity contribution in [1.82, 2.24) is 10.2 Å². The molecule has 2 rings (SSSR count). The fourth-order valence-corrected chi connectivity index (χ4v) is 3.03. The van der Waals surface area contributed by atoms with Gasteiger partial charge in [-0.3, -0.25) is 9.69 Å². The zero-order chi connectivity index (χ0) is 14.5. The Hall–Kier alpha value is -0.950. The Morgan fingerprint density at radius 3 is 3.10 bits per heavy atom. The van der Waals surface area contributed by atoms with Gasteiger partial charge in [-0.2, -0.15) is 0 Å². The number of morpholine rings is 1. The van der Waals surface area contributed by atoms with Crippen LogP contribution < -0.4 is 11.1 Å². The Kier molecular flexibility index (Phi) is 5.54. The molecule has 1 saturated heterocycles. The summed E-state index contributed by atoms with van der Waals surface area (Å²) >= 11 is 1.66. The Balaban J connectivity index is 1.79. The van der Waals surface area contributed by atoms with E-state index in [1.54, 1.807) is 11.3 Å². The van der Waals surface area contributed by atoms with Crippen LogP contribution in [0, 0.1) is 0 Å². The molecule has 0 aromatic carbocycles. The molecule has 0 radical (unpaired) electrons. The molecule has 0 aliphatic carbocycles. The van der Waals surface area contributed by atoms with Crippen LogP contribution in [0.4, 0.5) is 0 Å². The normalized spacial score (nSPS) is 23.2. The summed E-state index contributed by atoms with van der Waals surface area (Å²) in [5.74, 6) is 0.0521. The molecular weight excluding hydrogens is 274 g/mol. The van der Waals surface area contributed by atoms with Gasteiger partial charge in [-0.15, -0.1) is 11.3 Å². The van der Waals surface area contributed by atoms with Gasteiger partial charge in [0.15, 0.2) is 0 Å². The van der Waals surface area contributed by atoms with Crippen LogP contribution in [0.3, 0.4) is 0 Å². The Morgan fingerprint density at radius 1 is 1.65 bits per heavy atom. The first-order valence-corrected chi connectivity index (χ1v) is 7.86. The molecule has 1 aliphatic rings. The van der Waals surface area contributed by atoms with Crippen molar-refractivity contribution >= 4 is 17.2 Å². The summed E-state index contributed by atoms with van der Waals surface area (Å²) in [6.07, 6.45) is 0.0197. The fraction of sp³-hybridized carbons (Fsp3) is 0.643. The van der Waals surface area contributed by atoms with Crippen LogP contribution in [-0.4, -0.2) is 49.2 Å². The topological polar surface area (TPSA) is 67.6 Å². The lowest BCUT2D eigenvalue weighted by Crippen LogP contribution is -2.51. The van der Waals surface area contributed by atoms with Gasteiger partial charge in [0.1, 0.15) is 0 Å². The van der Waals surface area contributed by atoms with Crippen LogP contribution in [0.5, 0.6) is 0 Å². The standard InChI is InChI=1S/C14H23N3O2S/c1-10(15)12-8-17(5-6-19-12)9-14(18)16-11(2)13-4-3-7-20-13/h3-4,7,10-12H,5-6,8-9,15H2,1-2H3,(H,16,18). The van der Waals surface area contributed by atoms with Crippen molar-refractivity contribution < 1.29 is 9.53 Å². The Labute approximate surface area is 124 Å². The number of nitrogens with zero attached hydrogens (tertiary/aromatic N) is 1. The molecule has 0 saturated carbocycles. The van der Waals surface area contributed by atoms with E-state index < -0.39 is 0 Å². The second-order valence-electron chi connectivity index (χ2n) is 5.31.